The second kappa shape index (κ2) is 15.9. The van der Waals surface area contributed by atoms with Crippen molar-refractivity contribution in [1.82, 2.24) is 5.32 Å². The summed E-state index contributed by atoms with van der Waals surface area (Å²) in [6.07, 6.45) is 0.638. The first kappa shape index (κ1) is 44.7. The largest absolute Gasteiger partial charge is 0.467 e. The number of amides is 1. The molecule has 12 heteroatoms. The first-order valence-electron chi connectivity index (χ1n) is 21.4. The van der Waals surface area contributed by atoms with Crippen molar-refractivity contribution >= 4 is 17.8 Å². The molecule has 1 saturated heterocycles. The van der Waals surface area contributed by atoms with E-state index in [4.69, 9.17) is 14.2 Å². The van der Waals surface area contributed by atoms with Gasteiger partial charge in [-0.25, -0.2) is 4.79 Å². The number of carbonyl (C=O) groups excluding carboxylic acids is 3. The molecule has 1 aromatic carbocycles. The van der Waals surface area contributed by atoms with Crippen molar-refractivity contribution in [3.8, 4) is 0 Å². The van der Waals surface area contributed by atoms with Crippen LogP contribution in [0.2, 0.25) is 0 Å². The van der Waals surface area contributed by atoms with Crippen molar-refractivity contribution in [3.05, 3.63) is 47.0 Å². The van der Waals surface area contributed by atoms with Crippen LogP contribution in [0.25, 0.3) is 0 Å². The lowest BCUT2D eigenvalue weighted by Crippen LogP contribution is -2.62. The summed E-state index contributed by atoms with van der Waals surface area (Å²) >= 11 is 0. The Morgan fingerprint density at radius 1 is 0.931 bits per heavy atom. The van der Waals surface area contributed by atoms with Crippen molar-refractivity contribution in [2.24, 2.45) is 39.4 Å². The molecule has 0 spiro atoms. The molecular formula is C46H69NO11. The summed E-state index contributed by atoms with van der Waals surface area (Å²) in [7, 11) is 1.24. The average Bonchev–Trinajstić information content (AvgIpc) is 3.41. The number of aliphatic hydroxyl groups is 5. The highest BCUT2D eigenvalue weighted by Gasteiger charge is 2.68. The number of nitrogens with one attached hydrogen (secondary N) is 1. The van der Waals surface area contributed by atoms with Crippen LogP contribution in [0.15, 0.2) is 41.5 Å². The Hall–Kier alpha value is -2.87. The van der Waals surface area contributed by atoms with Gasteiger partial charge in [0.05, 0.1) is 49.5 Å². The smallest absolute Gasteiger partial charge is 0.328 e. The third-order valence-electron chi connectivity index (χ3n) is 16.0. The van der Waals surface area contributed by atoms with Gasteiger partial charge in [0.15, 0.2) is 6.29 Å². The van der Waals surface area contributed by atoms with Gasteiger partial charge in [-0.15, -0.1) is 0 Å². The predicted octanol–water partition coefficient (Wildman–Crippen LogP) is 4.91. The fourth-order valence-corrected chi connectivity index (χ4v) is 12.9. The van der Waals surface area contributed by atoms with Crippen molar-refractivity contribution in [2.45, 2.75) is 174 Å². The number of fused-ring (bicyclic) bond motifs is 4. The predicted molar refractivity (Wildman–Crippen MR) is 216 cm³/mol. The summed E-state index contributed by atoms with van der Waals surface area (Å²) in [5, 5.41) is 60.0. The molecule has 6 rings (SSSR count). The summed E-state index contributed by atoms with van der Waals surface area (Å²) in [5.74, 6) is -2.12. The van der Waals surface area contributed by atoms with E-state index in [1.807, 2.05) is 44.2 Å². The van der Waals surface area contributed by atoms with E-state index in [2.05, 4.69) is 26.1 Å². The average molecular weight is 812 g/mol. The van der Waals surface area contributed by atoms with E-state index >= 15 is 0 Å². The molecular weight excluding hydrogens is 743 g/mol. The van der Waals surface area contributed by atoms with Crippen LogP contribution in [0.3, 0.4) is 0 Å². The quantitative estimate of drug-likeness (QED) is 0.132. The van der Waals surface area contributed by atoms with Gasteiger partial charge in [0.1, 0.15) is 12.1 Å². The molecule has 1 aliphatic heterocycles. The SMILES string of the molecule is COC(=O)[C@H](Cc1ccccc1)NC(=O)C[C@@](C)(O)CC(=O)O[C@H]1[C@H](O)C[C@]2(C)C3=C(CC[C@H]2C1(C)C)[C@]1(C)CC[C@H]([C@H]2CC[C@H](C(C)(C)O)O[C@@H]2O)[C@@]1(C)[C@@H](O)C3. The van der Waals surface area contributed by atoms with E-state index < -0.39 is 94.9 Å². The fraction of sp³-hybridized carbons (Fsp3) is 0.761. The monoisotopic (exact) mass is 811 g/mol. The Labute approximate surface area is 344 Å². The number of aliphatic hydroxyl groups excluding tert-OH is 3. The molecule has 6 N–H and O–H groups in total. The molecule has 0 aromatic heterocycles. The van der Waals surface area contributed by atoms with Gasteiger partial charge in [0.25, 0.3) is 0 Å². The number of allylic oxidation sites excluding steroid dienone is 1. The van der Waals surface area contributed by atoms with Gasteiger partial charge in [-0.05, 0) is 100 Å². The van der Waals surface area contributed by atoms with E-state index in [-0.39, 0.29) is 29.6 Å². The van der Waals surface area contributed by atoms with E-state index in [0.717, 1.165) is 31.2 Å². The lowest BCUT2D eigenvalue weighted by atomic mass is 9.42. The second-order valence-corrected chi connectivity index (χ2v) is 20.5. The minimum Gasteiger partial charge on any atom is -0.467 e. The lowest BCUT2D eigenvalue weighted by Gasteiger charge is -2.64. The Balaban J connectivity index is 1.14. The van der Waals surface area contributed by atoms with Gasteiger partial charge in [0.2, 0.25) is 5.91 Å². The van der Waals surface area contributed by atoms with Crippen molar-refractivity contribution in [1.29, 1.82) is 0 Å². The maximum Gasteiger partial charge on any atom is 0.328 e. The molecule has 0 radical (unpaired) electrons. The maximum absolute atomic E-state index is 13.5. The highest BCUT2D eigenvalue weighted by atomic mass is 16.6. The van der Waals surface area contributed by atoms with E-state index in [0.29, 0.717) is 25.7 Å². The number of hydrogen-bond acceptors (Lipinski definition) is 11. The molecule has 2 saturated carbocycles. The number of ether oxygens (including phenoxy) is 3. The van der Waals surface area contributed by atoms with E-state index in [1.54, 1.807) is 13.8 Å². The number of methoxy groups -OCH3 is 1. The zero-order valence-corrected chi connectivity index (χ0v) is 36.0. The lowest BCUT2D eigenvalue weighted by molar-refractivity contribution is -0.251. The van der Waals surface area contributed by atoms with Gasteiger partial charge in [-0.1, -0.05) is 76.1 Å². The number of esters is 2. The van der Waals surface area contributed by atoms with Gasteiger partial charge in [0, 0.05) is 23.2 Å². The molecule has 324 valence electrons. The van der Waals surface area contributed by atoms with Crippen LogP contribution in [0.1, 0.15) is 125 Å². The van der Waals surface area contributed by atoms with Crippen molar-refractivity contribution in [2.75, 3.05) is 7.11 Å². The van der Waals surface area contributed by atoms with Crippen molar-refractivity contribution < 1.29 is 54.1 Å². The molecule has 4 aliphatic carbocycles. The maximum atomic E-state index is 13.5. The number of rotatable bonds is 11. The molecule has 0 unspecified atom stereocenters. The van der Waals surface area contributed by atoms with Crippen LogP contribution < -0.4 is 5.32 Å². The molecule has 1 heterocycles. The molecule has 13 atom stereocenters. The Morgan fingerprint density at radius 2 is 1.60 bits per heavy atom. The minimum atomic E-state index is -1.80. The zero-order valence-electron chi connectivity index (χ0n) is 36.0. The van der Waals surface area contributed by atoms with Crippen LogP contribution in [0, 0.1) is 39.4 Å². The highest BCUT2D eigenvalue weighted by Crippen LogP contribution is 2.73. The van der Waals surface area contributed by atoms with Crippen LogP contribution in [0.4, 0.5) is 0 Å². The summed E-state index contributed by atoms with van der Waals surface area (Å²) in [6, 6.07) is 8.18. The Morgan fingerprint density at radius 3 is 2.22 bits per heavy atom. The number of benzene rings is 1. The van der Waals surface area contributed by atoms with E-state index in [9.17, 15) is 39.9 Å². The molecule has 1 amide bonds. The Bertz CT molecular complexity index is 1740. The molecule has 0 bridgehead atoms. The van der Waals surface area contributed by atoms with Crippen LogP contribution in [0.5, 0.6) is 0 Å². The molecule has 58 heavy (non-hydrogen) atoms. The zero-order chi connectivity index (χ0) is 42.8. The molecule has 1 aromatic rings. The highest BCUT2D eigenvalue weighted by molar-refractivity contribution is 5.85. The summed E-state index contributed by atoms with van der Waals surface area (Å²) < 4.78 is 17.0. The molecule has 5 aliphatic rings. The summed E-state index contributed by atoms with van der Waals surface area (Å²) in [4.78, 5) is 39.1. The fourth-order valence-electron chi connectivity index (χ4n) is 12.9. The van der Waals surface area contributed by atoms with E-state index in [1.165, 1.54) is 25.2 Å². The van der Waals surface area contributed by atoms with Crippen LogP contribution in [-0.2, 0) is 35.0 Å². The van der Waals surface area contributed by atoms with Gasteiger partial charge < -0.3 is 45.1 Å². The molecule has 3 fully saturated rings. The molecule has 12 nitrogen and oxygen atoms in total. The minimum absolute atomic E-state index is 0.01000. The van der Waals surface area contributed by atoms with Crippen LogP contribution in [-0.4, -0.2) is 98.4 Å². The first-order chi connectivity index (χ1) is 26.9. The van der Waals surface area contributed by atoms with Gasteiger partial charge in [-0.2, -0.15) is 0 Å². The third kappa shape index (κ3) is 7.91. The van der Waals surface area contributed by atoms with Gasteiger partial charge >= 0.3 is 11.9 Å². The standard InChI is InChI=1S/C46H69NO11/c1-41(2)33-17-16-29-30(22-34(49)46(8)28(19-20-45(29,46)7)27-15-18-35(42(3,4)54)57-39(27)52)44(33,6)23-32(48)38(41)58-37(51)25-43(5,55)24-36(50)47-31(40(53)56-9)21-26-13-11-10-12-14-26/h10-14,27-28,31-35,38-39,48-49,52,54-55H,15-25H2,1-9H3,(H,47,50)/t27-,28-,31+,32-,33+,34+,35-,38+,39+,43-,44-,45+,46+/m1/s1. The number of carbonyl (C=O) groups is 3. The number of hydrogen-bond donors (Lipinski definition) is 6. The Kier molecular flexibility index (Phi) is 12.2. The summed E-state index contributed by atoms with van der Waals surface area (Å²) in [5.41, 5.74) is -1.49. The summed E-state index contributed by atoms with van der Waals surface area (Å²) in [6.45, 7) is 15.5. The third-order valence-corrected chi connectivity index (χ3v) is 16.0. The van der Waals surface area contributed by atoms with Gasteiger partial charge in [-0.3, -0.25) is 9.59 Å². The second-order valence-electron chi connectivity index (χ2n) is 20.5. The first-order valence-corrected chi connectivity index (χ1v) is 21.4. The van der Waals surface area contributed by atoms with Crippen molar-refractivity contribution in [3.63, 3.8) is 0 Å². The van der Waals surface area contributed by atoms with Crippen LogP contribution >= 0.6 is 0 Å². The topological polar surface area (TPSA) is 192 Å². The normalized spacial score (nSPS) is 38.7.